The highest BCUT2D eigenvalue weighted by molar-refractivity contribution is 5.87. The van der Waals surface area contributed by atoms with Gasteiger partial charge in [-0.25, -0.2) is 0 Å². The molecule has 5 rings (SSSR count). The van der Waals surface area contributed by atoms with Gasteiger partial charge in [-0.1, -0.05) is 37.2 Å². The number of aliphatic hydroxyl groups is 1. The highest BCUT2D eigenvalue weighted by Crippen LogP contribution is 2.47. The van der Waals surface area contributed by atoms with Crippen molar-refractivity contribution >= 4 is 5.91 Å². The van der Waals surface area contributed by atoms with Crippen LogP contribution >= 0.6 is 0 Å². The number of hydrogen-bond donors (Lipinski definition) is 4. The maximum Gasteiger partial charge on any atom is 0.246 e. The third-order valence-electron chi connectivity index (χ3n) is 10.5. The normalized spacial score (nSPS) is 37.1. The van der Waals surface area contributed by atoms with Crippen LogP contribution in [-0.2, 0) is 9.53 Å². The molecular weight excluding hydrogens is 528 g/mol. The molecule has 5 N–H and O–H groups in total. The van der Waals surface area contributed by atoms with Crippen LogP contribution in [0.2, 0.25) is 0 Å². The summed E-state index contributed by atoms with van der Waals surface area (Å²) in [6.07, 6.45) is 16.3. The van der Waals surface area contributed by atoms with Gasteiger partial charge in [0.2, 0.25) is 5.91 Å². The molecular formula is C33H56N6O3. The maximum atomic E-state index is 12.7. The van der Waals surface area contributed by atoms with Gasteiger partial charge in [-0.05, 0) is 77.8 Å². The van der Waals surface area contributed by atoms with Gasteiger partial charge in [-0.15, -0.1) is 0 Å². The highest BCUT2D eigenvalue weighted by Gasteiger charge is 2.55. The first-order valence-electron chi connectivity index (χ1n) is 16.7. The number of fused-ring (bicyclic) bond motifs is 1. The first kappa shape index (κ1) is 31.9. The topological polar surface area (TPSA) is 106 Å². The lowest BCUT2D eigenvalue weighted by Gasteiger charge is -2.41. The minimum Gasteiger partial charge on any atom is -0.395 e. The summed E-state index contributed by atoms with van der Waals surface area (Å²) in [5.74, 6) is 8.70. The van der Waals surface area contributed by atoms with Crippen LogP contribution in [0.4, 0.5) is 0 Å². The Labute approximate surface area is 253 Å². The highest BCUT2D eigenvalue weighted by atomic mass is 16.5. The Hall–Kier alpha value is -1.51. The zero-order valence-corrected chi connectivity index (χ0v) is 26.2. The largest absolute Gasteiger partial charge is 0.395 e. The molecule has 5 aliphatic rings. The van der Waals surface area contributed by atoms with Gasteiger partial charge in [0.1, 0.15) is 0 Å². The van der Waals surface area contributed by atoms with Crippen LogP contribution in [-0.4, -0.2) is 109 Å². The Bertz CT molecular complexity index is 967. The van der Waals surface area contributed by atoms with Crippen LogP contribution in [0.25, 0.3) is 0 Å². The molecule has 42 heavy (non-hydrogen) atoms. The van der Waals surface area contributed by atoms with E-state index in [1.807, 2.05) is 30.0 Å². The average molecular weight is 585 g/mol. The molecule has 3 heterocycles. The number of nitrogens with zero attached hydrogens (tertiary/aromatic N) is 3. The second kappa shape index (κ2) is 15.0. The summed E-state index contributed by atoms with van der Waals surface area (Å²) in [5, 5.41) is 17.5. The molecule has 0 spiro atoms. The molecule has 2 aliphatic carbocycles. The molecule has 0 bridgehead atoms. The minimum absolute atomic E-state index is 0.0194. The summed E-state index contributed by atoms with van der Waals surface area (Å²) in [6.45, 7) is 5.04. The number of amides is 1. The van der Waals surface area contributed by atoms with Gasteiger partial charge in [-0.2, -0.15) is 0 Å². The molecule has 5 fully saturated rings. The van der Waals surface area contributed by atoms with Crippen molar-refractivity contribution in [2.75, 3.05) is 47.0 Å². The van der Waals surface area contributed by atoms with Gasteiger partial charge in [0.15, 0.2) is 0 Å². The summed E-state index contributed by atoms with van der Waals surface area (Å²) >= 11 is 0. The van der Waals surface area contributed by atoms with Crippen molar-refractivity contribution in [3.63, 3.8) is 0 Å². The number of rotatable bonds is 8. The number of likely N-dealkylation sites (N-methyl/N-ethyl adjacent to an activating group) is 1. The van der Waals surface area contributed by atoms with Gasteiger partial charge < -0.3 is 25.4 Å². The van der Waals surface area contributed by atoms with Gasteiger partial charge in [-0.3, -0.25) is 20.3 Å². The third-order valence-corrected chi connectivity index (χ3v) is 10.5. The smallest absolute Gasteiger partial charge is 0.246 e. The van der Waals surface area contributed by atoms with Crippen LogP contribution in [0.15, 0.2) is 12.2 Å². The van der Waals surface area contributed by atoms with Crippen molar-refractivity contribution in [1.82, 2.24) is 25.3 Å². The van der Waals surface area contributed by atoms with Gasteiger partial charge in [0.05, 0.1) is 37.2 Å². The number of hydrogen-bond acceptors (Lipinski definition) is 8. The van der Waals surface area contributed by atoms with Crippen molar-refractivity contribution in [2.45, 2.75) is 108 Å². The predicted octanol–water partition coefficient (Wildman–Crippen LogP) is 1.92. The fourth-order valence-corrected chi connectivity index (χ4v) is 8.31. The second-order valence-electron chi connectivity index (χ2n) is 13.8. The molecule has 3 aliphatic heterocycles. The van der Waals surface area contributed by atoms with Crippen molar-refractivity contribution in [1.29, 1.82) is 0 Å². The van der Waals surface area contributed by atoms with E-state index in [4.69, 9.17) is 10.5 Å². The summed E-state index contributed by atoms with van der Waals surface area (Å²) in [4.78, 5) is 19.1. The zero-order chi connectivity index (χ0) is 29.6. The van der Waals surface area contributed by atoms with Crippen molar-refractivity contribution in [3.8, 4) is 11.8 Å². The predicted molar refractivity (Wildman–Crippen MR) is 166 cm³/mol. The number of carbonyl (C=O) groups is 1. The lowest BCUT2D eigenvalue weighted by atomic mass is 9.70. The Morgan fingerprint density at radius 1 is 1.05 bits per heavy atom. The van der Waals surface area contributed by atoms with Crippen LogP contribution < -0.4 is 16.4 Å². The maximum absolute atomic E-state index is 12.7. The monoisotopic (exact) mass is 584 g/mol. The number of nitrogens with two attached hydrogens (primary N) is 1. The lowest BCUT2D eigenvalue weighted by Crippen LogP contribution is -2.64. The van der Waals surface area contributed by atoms with E-state index in [1.165, 1.54) is 32.1 Å². The third kappa shape index (κ3) is 7.58. The first-order chi connectivity index (χ1) is 20.4. The lowest BCUT2D eigenvalue weighted by molar-refractivity contribution is -0.125. The Balaban J connectivity index is 1.30. The van der Waals surface area contributed by atoms with E-state index in [-0.39, 0.29) is 48.8 Å². The number of carbonyl (C=O) groups excluding carboxylic acids is 1. The van der Waals surface area contributed by atoms with E-state index >= 15 is 0 Å². The molecule has 9 nitrogen and oxygen atoms in total. The molecule has 0 aromatic heterocycles. The molecule has 7 atom stereocenters. The van der Waals surface area contributed by atoms with E-state index in [1.54, 1.807) is 6.08 Å². The quantitative estimate of drug-likeness (QED) is 0.253. The standard InChI is InChI=1S/C33H56N6O3/c1-23(21-40)39-28(16-11-24-17-19-38(20-24)29(41)10-7-18-37(2)3)30(31-32(34)35-22-36-33(31)39)25-12-14-27(15-13-25)42-26-8-5-4-6-9-26/h7,10,23-28,30-33,35-36,40H,4-6,8-9,12-15,17-22,34H2,1-3H3/b10-7+. The Kier molecular flexibility index (Phi) is 11.4. The van der Waals surface area contributed by atoms with Crippen LogP contribution in [0.5, 0.6) is 0 Å². The van der Waals surface area contributed by atoms with Crippen molar-refractivity contribution < 1.29 is 14.6 Å². The Morgan fingerprint density at radius 2 is 1.79 bits per heavy atom. The molecule has 0 aromatic rings. The number of ether oxygens (including phenoxy) is 1. The van der Waals surface area contributed by atoms with E-state index < -0.39 is 0 Å². The van der Waals surface area contributed by atoms with Gasteiger partial charge >= 0.3 is 0 Å². The van der Waals surface area contributed by atoms with Gasteiger partial charge in [0, 0.05) is 50.3 Å². The molecule has 3 saturated heterocycles. The average Bonchev–Trinajstić information content (AvgIpc) is 3.60. The van der Waals surface area contributed by atoms with E-state index in [0.29, 0.717) is 37.3 Å². The summed E-state index contributed by atoms with van der Waals surface area (Å²) in [7, 11) is 4.00. The van der Waals surface area contributed by atoms with Crippen LogP contribution in [0.1, 0.15) is 71.1 Å². The van der Waals surface area contributed by atoms with E-state index in [0.717, 1.165) is 45.2 Å². The second-order valence-corrected chi connectivity index (χ2v) is 13.8. The number of nitrogens with one attached hydrogen (secondary N) is 2. The van der Waals surface area contributed by atoms with Gasteiger partial charge in [0.25, 0.3) is 0 Å². The van der Waals surface area contributed by atoms with Crippen LogP contribution in [0, 0.1) is 35.5 Å². The minimum atomic E-state index is -0.105. The van der Waals surface area contributed by atoms with Crippen molar-refractivity contribution in [2.24, 2.45) is 29.4 Å². The Morgan fingerprint density at radius 3 is 2.50 bits per heavy atom. The van der Waals surface area contributed by atoms with Crippen LogP contribution in [0.3, 0.4) is 0 Å². The van der Waals surface area contributed by atoms with Crippen molar-refractivity contribution in [3.05, 3.63) is 12.2 Å². The number of likely N-dealkylation sites (tertiary alicyclic amines) is 2. The fourth-order valence-electron chi connectivity index (χ4n) is 8.31. The molecule has 9 heteroatoms. The molecule has 0 aromatic carbocycles. The molecule has 2 saturated carbocycles. The zero-order valence-electron chi connectivity index (χ0n) is 26.2. The fraction of sp³-hybridized carbons (Fsp3) is 0.848. The molecule has 1 amide bonds. The summed E-state index contributed by atoms with van der Waals surface area (Å²) in [5.41, 5.74) is 6.80. The van der Waals surface area contributed by atoms with E-state index in [9.17, 15) is 9.90 Å². The number of aliphatic hydroxyl groups excluding tert-OH is 1. The summed E-state index contributed by atoms with van der Waals surface area (Å²) < 4.78 is 6.59. The molecule has 236 valence electrons. The summed E-state index contributed by atoms with van der Waals surface area (Å²) in [6, 6.07) is 0.000198. The molecule has 7 unspecified atom stereocenters. The van der Waals surface area contributed by atoms with E-state index in [2.05, 4.69) is 34.3 Å². The molecule has 0 radical (unpaired) electrons. The first-order valence-corrected chi connectivity index (χ1v) is 16.7. The SMILES string of the molecule is CC(CO)N1C(C#CC2CCN(C(=O)/C=C/CN(C)C)C2)C(C2CCC(OC3CCCCC3)CC2)C2C(N)NCNC21.